The Labute approximate surface area is 257 Å². The minimum Gasteiger partial charge on any atom is -0.309 e. The van der Waals surface area contributed by atoms with Gasteiger partial charge in [-0.1, -0.05) is 115 Å². The molecule has 6 aromatic carbocycles. The van der Waals surface area contributed by atoms with E-state index in [9.17, 15) is 0 Å². The van der Waals surface area contributed by atoms with Gasteiger partial charge in [-0.3, -0.25) is 0 Å². The van der Waals surface area contributed by atoms with Crippen molar-refractivity contribution >= 4 is 53.3 Å². The number of aromatic nitrogens is 4. The lowest BCUT2D eigenvalue weighted by Crippen LogP contribution is -2.00. The van der Waals surface area contributed by atoms with Gasteiger partial charge in [0.1, 0.15) is 0 Å². The molecule has 0 radical (unpaired) electrons. The van der Waals surface area contributed by atoms with E-state index in [1.165, 1.54) is 36.6 Å². The summed E-state index contributed by atoms with van der Waals surface area (Å²) in [6.07, 6.45) is 0. The Bertz CT molecular complexity index is 2380. The summed E-state index contributed by atoms with van der Waals surface area (Å²) in [4.78, 5) is 15.1. The van der Waals surface area contributed by atoms with Crippen molar-refractivity contribution in [2.24, 2.45) is 0 Å². The van der Waals surface area contributed by atoms with Crippen LogP contribution in [0.1, 0.15) is 0 Å². The van der Waals surface area contributed by atoms with E-state index in [0.29, 0.717) is 17.5 Å². The first-order valence-electron chi connectivity index (χ1n) is 14.6. The molecule has 206 valence electrons. The van der Waals surface area contributed by atoms with Gasteiger partial charge in [-0.2, -0.15) is 0 Å². The maximum absolute atomic E-state index is 5.10. The van der Waals surface area contributed by atoms with E-state index in [0.717, 1.165) is 27.8 Å². The Morgan fingerprint density at radius 1 is 0.409 bits per heavy atom. The second-order valence-corrected chi connectivity index (χ2v) is 11.9. The molecule has 0 aliphatic heterocycles. The van der Waals surface area contributed by atoms with Crippen LogP contribution in [0.2, 0.25) is 0 Å². The number of nitrogens with zero attached hydrogens (tertiary/aromatic N) is 4. The molecule has 0 aliphatic carbocycles. The molecular weight excluding hydrogens is 557 g/mol. The Balaban J connectivity index is 1.37. The van der Waals surface area contributed by atoms with Crippen LogP contribution in [-0.2, 0) is 0 Å². The van der Waals surface area contributed by atoms with Gasteiger partial charge in [-0.05, 0) is 30.3 Å². The molecule has 9 rings (SSSR count). The summed E-state index contributed by atoms with van der Waals surface area (Å²) in [7, 11) is 0. The Kier molecular flexibility index (Phi) is 5.64. The third-order valence-electron chi connectivity index (χ3n) is 8.26. The summed E-state index contributed by atoms with van der Waals surface area (Å²) in [5, 5.41) is 4.86. The molecule has 4 nitrogen and oxygen atoms in total. The van der Waals surface area contributed by atoms with E-state index in [1.54, 1.807) is 0 Å². The zero-order valence-electron chi connectivity index (χ0n) is 23.6. The first kappa shape index (κ1) is 24.9. The number of benzene rings is 6. The predicted molar refractivity (Wildman–Crippen MR) is 183 cm³/mol. The van der Waals surface area contributed by atoms with Crippen molar-refractivity contribution in [3.63, 3.8) is 0 Å². The number of fused-ring (bicyclic) bond motifs is 6. The van der Waals surface area contributed by atoms with Gasteiger partial charge in [0.25, 0.3) is 0 Å². The molecule has 0 saturated heterocycles. The highest BCUT2D eigenvalue weighted by molar-refractivity contribution is 7.26. The molecule has 0 saturated carbocycles. The minimum atomic E-state index is 0.661. The fourth-order valence-electron chi connectivity index (χ4n) is 6.33. The molecule has 0 aliphatic rings. The summed E-state index contributed by atoms with van der Waals surface area (Å²) >= 11 is 1.81. The van der Waals surface area contributed by atoms with Crippen molar-refractivity contribution in [2.45, 2.75) is 0 Å². The predicted octanol–water partition coefficient (Wildman–Crippen LogP) is 10.3. The van der Waals surface area contributed by atoms with E-state index in [-0.39, 0.29) is 0 Å². The smallest absolute Gasteiger partial charge is 0.164 e. The van der Waals surface area contributed by atoms with Crippen molar-refractivity contribution in [2.75, 3.05) is 0 Å². The summed E-state index contributed by atoms with van der Waals surface area (Å²) in [5.74, 6) is 1.99. The number of hydrogen-bond donors (Lipinski definition) is 0. The quantitative estimate of drug-likeness (QED) is 0.208. The van der Waals surface area contributed by atoms with Gasteiger partial charge in [0, 0.05) is 47.6 Å². The zero-order chi connectivity index (χ0) is 29.0. The van der Waals surface area contributed by atoms with Gasteiger partial charge in [0.2, 0.25) is 0 Å². The highest BCUT2D eigenvalue weighted by Crippen LogP contribution is 2.44. The van der Waals surface area contributed by atoms with Gasteiger partial charge >= 0.3 is 0 Å². The third-order valence-corrected chi connectivity index (χ3v) is 9.38. The molecule has 44 heavy (non-hydrogen) atoms. The van der Waals surface area contributed by atoms with Gasteiger partial charge in [0.15, 0.2) is 17.5 Å². The van der Waals surface area contributed by atoms with Gasteiger partial charge in [-0.25, -0.2) is 15.0 Å². The van der Waals surface area contributed by atoms with Crippen LogP contribution < -0.4 is 0 Å². The lowest BCUT2D eigenvalue weighted by Gasteiger charge is -2.12. The van der Waals surface area contributed by atoms with E-state index < -0.39 is 0 Å². The van der Waals surface area contributed by atoms with Gasteiger partial charge < -0.3 is 4.57 Å². The second kappa shape index (κ2) is 9.97. The number of para-hydroxylation sites is 2. The molecule has 0 atom stereocenters. The normalized spacial score (nSPS) is 11.6. The first-order valence-corrected chi connectivity index (χ1v) is 15.5. The Hall–Kier alpha value is -5.65. The van der Waals surface area contributed by atoms with Crippen LogP contribution >= 0.6 is 11.3 Å². The summed E-state index contributed by atoms with van der Waals surface area (Å²) in [5.41, 5.74) is 6.45. The van der Waals surface area contributed by atoms with Crippen LogP contribution in [0.3, 0.4) is 0 Å². The SMILES string of the molecule is c1ccc(-c2nc(-c3ccccc3)nc(-c3cccc4sc5cccc(-n6c7ccccc7c7ccccc76)c5c34)n2)cc1. The lowest BCUT2D eigenvalue weighted by molar-refractivity contribution is 1.08. The van der Waals surface area contributed by atoms with E-state index in [2.05, 4.69) is 114 Å². The fourth-order valence-corrected chi connectivity index (χ4v) is 7.49. The molecule has 3 heterocycles. The van der Waals surface area contributed by atoms with Crippen molar-refractivity contribution in [3.05, 3.63) is 146 Å². The molecule has 0 spiro atoms. The summed E-state index contributed by atoms with van der Waals surface area (Å²) < 4.78 is 4.84. The molecule has 0 bridgehead atoms. The van der Waals surface area contributed by atoms with E-state index >= 15 is 0 Å². The molecule has 0 amide bonds. The summed E-state index contributed by atoms with van der Waals surface area (Å²) in [6, 6.07) is 50.7. The minimum absolute atomic E-state index is 0.661. The van der Waals surface area contributed by atoms with E-state index in [4.69, 9.17) is 15.0 Å². The number of rotatable bonds is 4. The molecule has 9 aromatic rings. The zero-order valence-corrected chi connectivity index (χ0v) is 24.4. The van der Waals surface area contributed by atoms with Crippen LogP contribution in [-0.4, -0.2) is 19.5 Å². The van der Waals surface area contributed by atoms with Crippen molar-refractivity contribution in [3.8, 4) is 39.9 Å². The average molecular weight is 581 g/mol. The van der Waals surface area contributed by atoms with Crippen molar-refractivity contribution in [1.29, 1.82) is 0 Å². The third kappa shape index (κ3) is 3.87. The largest absolute Gasteiger partial charge is 0.309 e. The Morgan fingerprint density at radius 3 is 1.52 bits per heavy atom. The maximum Gasteiger partial charge on any atom is 0.164 e. The molecule has 5 heteroatoms. The van der Waals surface area contributed by atoms with Crippen LogP contribution in [0.4, 0.5) is 0 Å². The van der Waals surface area contributed by atoms with Crippen LogP contribution in [0, 0.1) is 0 Å². The number of hydrogen-bond acceptors (Lipinski definition) is 4. The molecule has 0 fully saturated rings. The van der Waals surface area contributed by atoms with Crippen molar-refractivity contribution < 1.29 is 0 Å². The van der Waals surface area contributed by atoms with Gasteiger partial charge in [-0.15, -0.1) is 11.3 Å². The van der Waals surface area contributed by atoms with Crippen LogP contribution in [0.15, 0.2) is 146 Å². The molecule has 0 unspecified atom stereocenters. The fraction of sp³-hybridized carbons (Fsp3) is 0. The van der Waals surface area contributed by atoms with Crippen LogP contribution in [0.5, 0.6) is 0 Å². The number of thiophene rings is 1. The molecule has 0 N–H and O–H groups in total. The standard InChI is InChI=1S/C39H24N4S/c1-3-13-25(14-4-1)37-40-38(26-15-5-2-6-16-26)42-39(41-37)29-19-11-23-33-35(29)36-32(22-12-24-34(36)44-33)43-30-20-9-7-17-27(30)28-18-8-10-21-31(28)43/h1-24H. The monoisotopic (exact) mass is 580 g/mol. The Morgan fingerprint density at radius 2 is 0.909 bits per heavy atom. The first-order chi connectivity index (χ1) is 21.8. The highest BCUT2D eigenvalue weighted by atomic mass is 32.1. The maximum atomic E-state index is 5.10. The van der Waals surface area contributed by atoms with Crippen molar-refractivity contribution in [1.82, 2.24) is 19.5 Å². The van der Waals surface area contributed by atoms with Crippen LogP contribution in [0.25, 0.3) is 81.8 Å². The molecule has 3 aromatic heterocycles. The lowest BCUT2D eigenvalue weighted by atomic mass is 10.0. The highest BCUT2D eigenvalue weighted by Gasteiger charge is 2.20. The topological polar surface area (TPSA) is 43.6 Å². The molecular formula is C39H24N4S. The summed E-state index contributed by atoms with van der Waals surface area (Å²) in [6.45, 7) is 0. The van der Waals surface area contributed by atoms with E-state index in [1.807, 2.05) is 47.7 Å². The second-order valence-electron chi connectivity index (χ2n) is 10.8. The average Bonchev–Trinajstić information content (AvgIpc) is 3.65. The van der Waals surface area contributed by atoms with Gasteiger partial charge in [0.05, 0.1) is 16.7 Å².